The number of aliphatic hydroxyl groups excluding tert-OH is 1. The fourth-order valence-corrected chi connectivity index (χ4v) is 2.14. The van der Waals surface area contributed by atoms with Crippen LogP contribution in [0.25, 0.3) is 0 Å². The van der Waals surface area contributed by atoms with Crippen molar-refractivity contribution in [2.24, 2.45) is 22.2 Å². The number of carbonyl (C=O) groups is 5. The van der Waals surface area contributed by atoms with Crippen molar-refractivity contribution in [2.45, 2.75) is 37.4 Å². The van der Waals surface area contributed by atoms with Gasteiger partial charge in [-0.3, -0.25) is 24.2 Å². The predicted octanol–water partition coefficient (Wildman–Crippen LogP) is -5.00. The number of hydrogen-bond acceptors (Lipinski definition) is 8. The summed E-state index contributed by atoms with van der Waals surface area (Å²) < 4.78 is 0. The fourth-order valence-electron chi connectivity index (χ4n) is 2.14. The average molecular weight is 433 g/mol. The number of aliphatic carboxylic acids is 2. The number of nitrogens with zero attached hydrogens (tertiary/aromatic N) is 1. The standard InChI is InChI=1S/C15H27N7O8/c16-5-10(24)20-7(2-1-3-19-15(17)18)12(27)21-8(4-11(25)26)13(28)22-9(6-23)14(29)30/h7-9,23H,1-6,16H2,(H,20,24)(H,21,27)(H,22,28)(H,25,26)(H,29,30)(H4,17,18,19). The van der Waals surface area contributed by atoms with Crippen LogP contribution in [0, 0.1) is 0 Å². The summed E-state index contributed by atoms with van der Waals surface area (Å²) in [6.45, 7) is -1.23. The zero-order valence-corrected chi connectivity index (χ0v) is 16.0. The number of carboxylic acids is 2. The lowest BCUT2D eigenvalue weighted by Gasteiger charge is -2.23. The Balaban J connectivity index is 5.30. The molecule has 0 radical (unpaired) electrons. The molecule has 0 spiro atoms. The molecule has 0 bridgehead atoms. The van der Waals surface area contributed by atoms with E-state index in [2.05, 4.69) is 15.6 Å². The smallest absolute Gasteiger partial charge is 0.328 e. The maximum atomic E-state index is 12.5. The summed E-state index contributed by atoms with van der Waals surface area (Å²) in [5, 5.41) is 33.2. The molecule has 0 heterocycles. The molecule has 15 heteroatoms. The van der Waals surface area contributed by atoms with Crippen LogP contribution in [-0.4, -0.2) is 88.8 Å². The Hall–Kier alpha value is -3.46. The Morgan fingerprint density at radius 1 is 0.900 bits per heavy atom. The van der Waals surface area contributed by atoms with Crippen molar-refractivity contribution in [3.05, 3.63) is 0 Å². The quantitative estimate of drug-likeness (QED) is 0.0710. The summed E-state index contributed by atoms with van der Waals surface area (Å²) in [7, 11) is 0. The molecule has 0 aromatic heterocycles. The molecule has 0 rings (SSSR count). The number of guanidine groups is 1. The third-order valence-electron chi connectivity index (χ3n) is 3.59. The number of carbonyl (C=O) groups excluding carboxylic acids is 3. The summed E-state index contributed by atoms with van der Waals surface area (Å²) in [6.07, 6.45) is -0.590. The fraction of sp³-hybridized carbons (Fsp3) is 0.600. The van der Waals surface area contributed by atoms with Crippen LogP contribution >= 0.6 is 0 Å². The normalized spacial score (nSPS) is 13.3. The van der Waals surface area contributed by atoms with Crippen LogP contribution in [0.15, 0.2) is 4.99 Å². The molecular weight excluding hydrogens is 406 g/mol. The van der Waals surface area contributed by atoms with E-state index >= 15 is 0 Å². The molecule has 3 unspecified atom stereocenters. The number of nitrogens with two attached hydrogens (primary N) is 3. The van der Waals surface area contributed by atoms with Crippen molar-refractivity contribution < 1.29 is 39.3 Å². The van der Waals surface area contributed by atoms with Gasteiger partial charge in [-0.05, 0) is 12.8 Å². The van der Waals surface area contributed by atoms with Gasteiger partial charge in [0, 0.05) is 6.54 Å². The molecule has 0 aliphatic rings. The summed E-state index contributed by atoms with van der Waals surface area (Å²) >= 11 is 0. The van der Waals surface area contributed by atoms with Gasteiger partial charge < -0.3 is 48.5 Å². The van der Waals surface area contributed by atoms with Crippen molar-refractivity contribution >= 4 is 35.6 Å². The number of aliphatic imine (C=N–C) groups is 1. The summed E-state index contributed by atoms with van der Waals surface area (Å²) in [5.74, 6) is -5.91. The van der Waals surface area contributed by atoms with Gasteiger partial charge in [-0.25, -0.2) is 4.79 Å². The van der Waals surface area contributed by atoms with Gasteiger partial charge in [0.1, 0.15) is 18.1 Å². The molecule has 0 aromatic rings. The summed E-state index contributed by atoms with van der Waals surface area (Å²) in [6, 6.07) is -4.55. The summed E-state index contributed by atoms with van der Waals surface area (Å²) in [4.78, 5) is 62.0. The molecule has 170 valence electrons. The highest BCUT2D eigenvalue weighted by atomic mass is 16.4. The monoisotopic (exact) mass is 433 g/mol. The number of rotatable bonds is 14. The van der Waals surface area contributed by atoms with Gasteiger partial charge in [0.2, 0.25) is 17.7 Å². The summed E-state index contributed by atoms with van der Waals surface area (Å²) in [5.41, 5.74) is 15.6. The Morgan fingerprint density at radius 2 is 1.47 bits per heavy atom. The Labute approximate surface area is 171 Å². The minimum Gasteiger partial charge on any atom is -0.481 e. The van der Waals surface area contributed by atoms with E-state index in [1.165, 1.54) is 0 Å². The molecule has 0 aliphatic heterocycles. The van der Waals surface area contributed by atoms with Crippen LogP contribution < -0.4 is 33.2 Å². The molecule has 3 amide bonds. The molecule has 0 aromatic carbocycles. The van der Waals surface area contributed by atoms with Gasteiger partial charge in [-0.1, -0.05) is 0 Å². The molecule has 12 N–H and O–H groups in total. The lowest BCUT2D eigenvalue weighted by molar-refractivity contribution is -0.144. The largest absolute Gasteiger partial charge is 0.481 e. The van der Waals surface area contributed by atoms with Crippen LogP contribution in [0.3, 0.4) is 0 Å². The van der Waals surface area contributed by atoms with E-state index in [-0.39, 0.29) is 25.3 Å². The van der Waals surface area contributed by atoms with E-state index in [9.17, 15) is 24.0 Å². The van der Waals surface area contributed by atoms with Gasteiger partial charge >= 0.3 is 11.9 Å². The third kappa shape index (κ3) is 10.8. The van der Waals surface area contributed by atoms with E-state index in [4.69, 9.17) is 32.5 Å². The number of carboxylic acid groups (broad SMARTS) is 2. The Bertz CT molecular complexity index is 665. The van der Waals surface area contributed by atoms with Crippen LogP contribution in [0.1, 0.15) is 19.3 Å². The number of nitrogens with one attached hydrogen (secondary N) is 3. The van der Waals surface area contributed by atoms with Gasteiger partial charge in [-0.2, -0.15) is 0 Å². The van der Waals surface area contributed by atoms with Crippen LogP contribution in [0.5, 0.6) is 0 Å². The molecule has 0 saturated heterocycles. The molecule has 0 aliphatic carbocycles. The van der Waals surface area contributed by atoms with E-state index in [1.54, 1.807) is 0 Å². The topological polar surface area (TPSA) is 273 Å². The molecule has 0 fully saturated rings. The Morgan fingerprint density at radius 3 is 1.93 bits per heavy atom. The van der Waals surface area contributed by atoms with Crippen LogP contribution in [0.2, 0.25) is 0 Å². The second-order valence-corrected chi connectivity index (χ2v) is 6.01. The van der Waals surface area contributed by atoms with Crippen molar-refractivity contribution in [1.29, 1.82) is 0 Å². The average Bonchev–Trinajstić information content (AvgIpc) is 2.66. The highest BCUT2D eigenvalue weighted by molar-refractivity contribution is 5.95. The zero-order chi connectivity index (χ0) is 23.3. The number of hydrogen-bond donors (Lipinski definition) is 9. The maximum Gasteiger partial charge on any atom is 0.328 e. The van der Waals surface area contributed by atoms with Crippen molar-refractivity contribution in [2.75, 3.05) is 19.7 Å². The maximum absolute atomic E-state index is 12.5. The minimum atomic E-state index is -1.70. The van der Waals surface area contributed by atoms with E-state index in [0.29, 0.717) is 0 Å². The SMILES string of the molecule is NCC(=O)NC(CCCN=C(N)N)C(=O)NC(CC(=O)O)C(=O)NC(CO)C(=O)O. The minimum absolute atomic E-state index is 0.0319. The van der Waals surface area contributed by atoms with Gasteiger partial charge in [-0.15, -0.1) is 0 Å². The highest BCUT2D eigenvalue weighted by Crippen LogP contribution is 2.02. The van der Waals surface area contributed by atoms with Crippen molar-refractivity contribution in [3.8, 4) is 0 Å². The Kier molecular flexibility index (Phi) is 12.1. The van der Waals surface area contributed by atoms with Crippen LogP contribution in [-0.2, 0) is 24.0 Å². The second kappa shape index (κ2) is 13.7. The molecule has 3 atom stereocenters. The number of amides is 3. The van der Waals surface area contributed by atoms with E-state index < -0.39 is 67.4 Å². The van der Waals surface area contributed by atoms with Gasteiger partial charge in [0.05, 0.1) is 19.6 Å². The van der Waals surface area contributed by atoms with Crippen LogP contribution in [0.4, 0.5) is 0 Å². The zero-order valence-electron chi connectivity index (χ0n) is 16.0. The molecule has 0 saturated carbocycles. The first-order valence-electron chi connectivity index (χ1n) is 8.72. The van der Waals surface area contributed by atoms with Gasteiger partial charge in [0.25, 0.3) is 0 Å². The lowest BCUT2D eigenvalue weighted by Crippen LogP contribution is -2.57. The predicted molar refractivity (Wildman–Crippen MR) is 102 cm³/mol. The highest BCUT2D eigenvalue weighted by Gasteiger charge is 2.30. The first-order valence-corrected chi connectivity index (χ1v) is 8.72. The van der Waals surface area contributed by atoms with E-state index in [0.717, 1.165) is 0 Å². The molecule has 30 heavy (non-hydrogen) atoms. The van der Waals surface area contributed by atoms with Crippen molar-refractivity contribution in [3.63, 3.8) is 0 Å². The van der Waals surface area contributed by atoms with Gasteiger partial charge in [0.15, 0.2) is 5.96 Å². The second-order valence-electron chi connectivity index (χ2n) is 6.01. The number of aliphatic hydroxyl groups is 1. The van der Waals surface area contributed by atoms with Crippen molar-refractivity contribution in [1.82, 2.24) is 16.0 Å². The first kappa shape index (κ1) is 26.5. The molecular formula is C15H27N7O8. The molecule has 15 nitrogen and oxygen atoms in total. The first-order chi connectivity index (χ1) is 14.0. The lowest BCUT2D eigenvalue weighted by atomic mass is 10.1. The van der Waals surface area contributed by atoms with E-state index in [1.807, 2.05) is 5.32 Å². The third-order valence-corrected chi connectivity index (χ3v) is 3.59.